The van der Waals surface area contributed by atoms with E-state index >= 15 is 0 Å². The molecule has 2 aromatic rings. The standard InChI is InChI=1S/C16H16FN3O3/c1-11(21)19-14-5-2-12(3-6-14)8-9-18-15-7-4-13(17)10-16(15)20(22)23/h2-7,10,18H,8-9H2,1H3,(H,19,21). The molecule has 0 atom stereocenters. The van der Waals surface area contributed by atoms with Crippen molar-refractivity contribution >= 4 is 23.0 Å². The van der Waals surface area contributed by atoms with Crippen molar-refractivity contribution in [1.82, 2.24) is 0 Å². The number of benzene rings is 2. The van der Waals surface area contributed by atoms with E-state index in [0.29, 0.717) is 18.7 Å². The number of hydrogen-bond acceptors (Lipinski definition) is 4. The van der Waals surface area contributed by atoms with E-state index in [4.69, 9.17) is 0 Å². The van der Waals surface area contributed by atoms with Crippen molar-refractivity contribution in [2.75, 3.05) is 17.2 Å². The first-order valence-electron chi connectivity index (χ1n) is 7.00. The van der Waals surface area contributed by atoms with E-state index < -0.39 is 10.7 Å². The maximum atomic E-state index is 13.1. The molecular formula is C16H16FN3O3. The van der Waals surface area contributed by atoms with Gasteiger partial charge in [0.1, 0.15) is 11.5 Å². The number of anilines is 2. The molecule has 0 saturated carbocycles. The van der Waals surface area contributed by atoms with Gasteiger partial charge in [-0.05, 0) is 36.2 Å². The molecular weight excluding hydrogens is 301 g/mol. The molecule has 0 aliphatic rings. The van der Waals surface area contributed by atoms with Crippen molar-refractivity contribution in [3.63, 3.8) is 0 Å². The maximum absolute atomic E-state index is 13.1. The summed E-state index contributed by atoms with van der Waals surface area (Å²) in [7, 11) is 0. The molecule has 2 N–H and O–H groups in total. The molecule has 7 heteroatoms. The second kappa shape index (κ2) is 7.35. The molecule has 0 aliphatic heterocycles. The fraction of sp³-hybridized carbons (Fsp3) is 0.188. The average molecular weight is 317 g/mol. The predicted molar refractivity (Wildman–Crippen MR) is 86.0 cm³/mol. The fourth-order valence-corrected chi connectivity index (χ4v) is 2.10. The highest BCUT2D eigenvalue weighted by atomic mass is 19.1. The molecule has 2 aromatic carbocycles. The van der Waals surface area contributed by atoms with Gasteiger partial charge in [0.2, 0.25) is 5.91 Å². The minimum atomic E-state index is -0.643. The highest BCUT2D eigenvalue weighted by molar-refractivity contribution is 5.88. The van der Waals surface area contributed by atoms with Gasteiger partial charge in [0.15, 0.2) is 0 Å². The highest BCUT2D eigenvalue weighted by Gasteiger charge is 2.14. The Balaban J connectivity index is 1.95. The number of carbonyl (C=O) groups is 1. The molecule has 0 aliphatic carbocycles. The summed E-state index contributed by atoms with van der Waals surface area (Å²) in [4.78, 5) is 21.2. The minimum Gasteiger partial charge on any atom is -0.379 e. The zero-order chi connectivity index (χ0) is 16.8. The minimum absolute atomic E-state index is 0.136. The lowest BCUT2D eigenvalue weighted by atomic mass is 10.1. The number of rotatable bonds is 6. The zero-order valence-corrected chi connectivity index (χ0v) is 12.5. The third-order valence-corrected chi connectivity index (χ3v) is 3.16. The topological polar surface area (TPSA) is 84.3 Å². The molecule has 0 bridgehead atoms. The Morgan fingerprint density at radius 1 is 1.22 bits per heavy atom. The Kier molecular flexibility index (Phi) is 5.24. The molecule has 0 spiro atoms. The van der Waals surface area contributed by atoms with E-state index in [1.54, 1.807) is 12.1 Å². The van der Waals surface area contributed by atoms with Crippen LogP contribution in [0, 0.1) is 15.9 Å². The number of amides is 1. The molecule has 0 heterocycles. The highest BCUT2D eigenvalue weighted by Crippen LogP contribution is 2.24. The summed E-state index contributed by atoms with van der Waals surface area (Å²) in [6, 6.07) is 10.7. The van der Waals surface area contributed by atoms with Crippen molar-refractivity contribution in [2.24, 2.45) is 0 Å². The Morgan fingerprint density at radius 2 is 1.91 bits per heavy atom. The lowest BCUT2D eigenvalue weighted by Gasteiger charge is -2.08. The molecule has 0 aromatic heterocycles. The van der Waals surface area contributed by atoms with Crippen LogP contribution in [0.4, 0.5) is 21.5 Å². The van der Waals surface area contributed by atoms with E-state index in [2.05, 4.69) is 10.6 Å². The van der Waals surface area contributed by atoms with Gasteiger partial charge < -0.3 is 10.6 Å². The van der Waals surface area contributed by atoms with Crippen LogP contribution in [-0.4, -0.2) is 17.4 Å². The second-order valence-electron chi connectivity index (χ2n) is 4.97. The Labute approximate surface area is 132 Å². The van der Waals surface area contributed by atoms with Crippen LogP contribution in [0.25, 0.3) is 0 Å². The van der Waals surface area contributed by atoms with Crippen LogP contribution >= 0.6 is 0 Å². The van der Waals surface area contributed by atoms with Crippen LogP contribution in [0.15, 0.2) is 42.5 Å². The number of nitrogens with zero attached hydrogens (tertiary/aromatic N) is 1. The zero-order valence-electron chi connectivity index (χ0n) is 12.5. The number of nitrogens with one attached hydrogen (secondary N) is 2. The number of nitro groups is 1. The first-order chi connectivity index (χ1) is 11.0. The van der Waals surface area contributed by atoms with Gasteiger partial charge in [-0.1, -0.05) is 12.1 Å². The van der Waals surface area contributed by atoms with Gasteiger partial charge in [-0.25, -0.2) is 4.39 Å². The summed E-state index contributed by atoms with van der Waals surface area (Å²) in [5.41, 5.74) is 1.72. The molecule has 23 heavy (non-hydrogen) atoms. The van der Waals surface area contributed by atoms with Gasteiger partial charge in [0, 0.05) is 19.2 Å². The van der Waals surface area contributed by atoms with E-state index in [0.717, 1.165) is 11.6 Å². The van der Waals surface area contributed by atoms with Crippen LogP contribution in [0.5, 0.6) is 0 Å². The van der Waals surface area contributed by atoms with E-state index in [9.17, 15) is 19.3 Å². The van der Waals surface area contributed by atoms with Gasteiger partial charge in [0.25, 0.3) is 5.69 Å². The molecule has 0 unspecified atom stereocenters. The lowest BCUT2D eigenvalue weighted by Crippen LogP contribution is -2.08. The number of halogens is 1. The quantitative estimate of drug-likeness (QED) is 0.632. The average Bonchev–Trinajstić information content (AvgIpc) is 2.49. The van der Waals surface area contributed by atoms with Crippen molar-refractivity contribution in [3.8, 4) is 0 Å². The van der Waals surface area contributed by atoms with Crippen LogP contribution in [0.2, 0.25) is 0 Å². The van der Waals surface area contributed by atoms with Crippen molar-refractivity contribution in [1.29, 1.82) is 0 Å². The van der Waals surface area contributed by atoms with Gasteiger partial charge in [-0.15, -0.1) is 0 Å². The van der Waals surface area contributed by atoms with Crippen molar-refractivity contribution in [2.45, 2.75) is 13.3 Å². The summed E-state index contributed by atoms with van der Waals surface area (Å²) in [5, 5.41) is 16.5. The third kappa shape index (κ3) is 4.77. The summed E-state index contributed by atoms with van der Waals surface area (Å²) >= 11 is 0. The summed E-state index contributed by atoms with van der Waals surface area (Å²) in [6.07, 6.45) is 0.634. The molecule has 120 valence electrons. The van der Waals surface area contributed by atoms with Gasteiger partial charge >= 0.3 is 0 Å². The summed E-state index contributed by atoms with van der Waals surface area (Å²) in [5.74, 6) is -0.779. The normalized spacial score (nSPS) is 10.2. The monoisotopic (exact) mass is 317 g/mol. The van der Waals surface area contributed by atoms with Gasteiger partial charge in [0.05, 0.1) is 11.0 Å². The SMILES string of the molecule is CC(=O)Nc1ccc(CCNc2ccc(F)cc2[N+](=O)[O-])cc1. The van der Waals surface area contributed by atoms with E-state index in [-0.39, 0.29) is 17.3 Å². The molecule has 2 rings (SSSR count). The Hall–Kier alpha value is -2.96. The van der Waals surface area contributed by atoms with Crippen LogP contribution in [0.1, 0.15) is 12.5 Å². The van der Waals surface area contributed by atoms with Gasteiger partial charge in [-0.3, -0.25) is 14.9 Å². The first kappa shape index (κ1) is 16.4. The van der Waals surface area contributed by atoms with Gasteiger partial charge in [-0.2, -0.15) is 0 Å². The molecule has 0 radical (unpaired) electrons. The molecule has 0 fully saturated rings. The Morgan fingerprint density at radius 3 is 2.52 bits per heavy atom. The Bertz CT molecular complexity index is 717. The number of hydrogen-bond donors (Lipinski definition) is 2. The largest absolute Gasteiger partial charge is 0.379 e. The van der Waals surface area contributed by atoms with Crippen molar-refractivity contribution < 1.29 is 14.1 Å². The summed E-state index contributed by atoms with van der Waals surface area (Å²) in [6.45, 7) is 1.90. The summed E-state index contributed by atoms with van der Waals surface area (Å²) < 4.78 is 13.1. The fourth-order valence-electron chi connectivity index (χ4n) is 2.10. The smallest absolute Gasteiger partial charge is 0.295 e. The van der Waals surface area contributed by atoms with Crippen LogP contribution < -0.4 is 10.6 Å². The number of nitro benzene ring substituents is 1. The second-order valence-corrected chi connectivity index (χ2v) is 4.97. The first-order valence-corrected chi connectivity index (χ1v) is 7.00. The van der Waals surface area contributed by atoms with Crippen molar-refractivity contribution in [3.05, 3.63) is 64.0 Å². The third-order valence-electron chi connectivity index (χ3n) is 3.16. The predicted octanol–water partition coefficient (Wildman–Crippen LogP) is 3.35. The molecule has 1 amide bonds. The maximum Gasteiger partial charge on any atom is 0.295 e. The van der Waals surface area contributed by atoms with Crippen LogP contribution in [0.3, 0.4) is 0 Å². The van der Waals surface area contributed by atoms with E-state index in [1.165, 1.54) is 19.1 Å². The van der Waals surface area contributed by atoms with E-state index in [1.807, 2.05) is 12.1 Å². The molecule has 0 saturated heterocycles. The number of carbonyl (C=O) groups excluding carboxylic acids is 1. The molecule has 6 nitrogen and oxygen atoms in total. The van der Waals surface area contributed by atoms with Crippen LogP contribution in [-0.2, 0) is 11.2 Å². The lowest BCUT2D eigenvalue weighted by molar-refractivity contribution is -0.384.